The third-order valence-electron chi connectivity index (χ3n) is 7.26. The summed E-state index contributed by atoms with van der Waals surface area (Å²) in [5, 5.41) is 0. The maximum absolute atomic E-state index is 12.2. The second-order valence-corrected chi connectivity index (χ2v) is 9.43. The molecule has 1 saturated heterocycles. The van der Waals surface area contributed by atoms with Crippen LogP contribution in [0.4, 0.5) is 16.2 Å². The van der Waals surface area contributed by atoms with Crippen LogP contribution in [0.2, 0.25) is 0 Å². The minimum Gasteiger partial charge on any atom is -0.486 e. The number of primary amides is 1. The Balaban J connectivity index is 0.00000160. The molecular weight excluding hydrogens is 511 g/mol. The van der Waals surface area contributed by atoms with Crippen molar-refractivity contribution in [1.82, 2.24) is 4.90 Å². The van der Waals surface area contributed by atoms with Gasteiger partial charge in [-0.05, 0) is 47.9 Å². The predicted octanol–water partition coefficient (Wildman–Crippen LogP) is 4.67. The average molecular weight is 543 g/mol. The van der Waals surface area contributed by atoms with Gasteiger partial charge >= 0.3 is 6.03 Å². The SMILES string of the molecule is Cl.Cl.NC(=O)N1c2ccccc2CC1c1ccc(N2CCN(CC3COc4ccccc4O3)CC2)cc1. The standard InChI is InChI=1S/C28H30N4O3.2ClH/c29-28(33)32-24-6-2-1-5-21(24)17-25(32)20-9-11-22(12-10-20)31-15-13-30(14-16-31)18-23-19-34-26-7-3-4-8-27(26)35-23;;/h1-12,23,25H,13-19H2,(H2,29,33);2*1H. The maximum Gasteiger partial charge on any atom is 0.319 e. The van der Waals surface area contributed by atoms with E-state index in [9.17, 15) is 4.79 Å². The summed E-state index contributed by atoms with van der Waals surface area (Å²) in [7, 11) is 0. The van der Waals surface area contributed by atoms with E-state index in [0.717, 1.165) is 67.5 Å². The molecule has 3 aliphatic heterocycles. The first-order valence-corrected chi connectivity index (χ1v) is 12.3. The summed E-state index contributed by atoms with van der Waals surface area (Å²) < 4.78 is 12.0. The van der Waals surface area contributed by atoms with Gasteiger partial charge in [0, 0.05) is 44.1 Å². The molecule has 9 heteroatoms. The van der Waals surface area contributed by atoms with Crippen LogP contribution >= 0.6 is 24.8 Å². The number of fused-ring (bicyclic) bond motifs is 2. The van der Waals surface area contributed by atoms with E-state index in [1.165, 1.54) is 5.69 Å². The van der Waals surface area contributed by atoms with Crippen LogP contribution in [0.5, 0.6) is 11.5 Å². The molecule has 2 N–H and O–H groups in total. The molecule has 7 nitrogen and oxygen atoms in total. The lowest BCUT2D eigenvalue weighted by Crippen LogP contribution is -2.50. The van der Waals surface area contributed by atoms with E-state index in [-0.39, 0.29) is 37.0 Å². The van der Waals surface area contributed by atoms with Crippen molar-refractivity contribution >= 4 is 42.2 Å². The highest BCUT2D eigenvalue weighted by Crippen LogP contribution is 2.40. The Labute approximate surface area is 229 Å². The van der Waals surface area contributed by atoms with Crippen molar-refractivity contribution < 1.29 is 14.3 Å². The number of hydrogen-bond donors (Lipinski definition) is 1. The first kappa shape index (κ1) is 26.9. The van der Waals surface area contributed by atoms with E-state index in [4.69, 9.17) is 15.2 Å². The lowest BCUT2D eigenvalue weighted by molar-refractivity contribution is 0.0571. The number of nitrogens with two attached hydrogens (primary N) is 1. The van der Waals surface area contributed by atoms with E-state index in [1.54, 1.807) is 4.90 Å². The predicted molar refractivity (Wildman–Crippen MR) is 151 cm³/mol. The number of nitrogens with zero attached hydrogens (tertiary/aromatic N) is 3. The Morgan fingerprint density at radius 3 is 2.27 bits per heavy atom. The fourth-order valence-corrected chi connectivity index (χ4v) is 5.46. The summed E-state index contributed by atoms with van der Waals surface area (Å²) in [5.41, 5.74) is 10.1. The fraction of sp³-hybridized carbons (Fsp3) is 0.321. The normalized spacial score (nSPS) is 20.4. The van der Waals surface area contributed by atoms with E-state index < -0.39 is 6.03 Å². The molecule has 3 aromatic rings. The van der Waals surface area contributed by atoms with Crippen LogP contribution in [0.3, 0.4) is 0 Å². The number of urea groups is 1. The van der Waals surface area contributed by atoms with Gasteiger partial charge in [-0.1, -0.05) is 42.5 Å². The summed E-state index contributed by atoms with van der Waals surface area (Å²) in [5.74, 6) is 1.67. The number of amides is 2. The monoisotopic (exact) mass is 542 g/mol. The lowest BCUT2D eigenvalue weighted by atomic mass is 10.0. The lowest BCUT2D eigenvalue weighted by Gasteiger charge is -2.38. The van der Waals surface area contributed by atoms with Gasteiger partial charge in [-0.15, -0.1) is 24.8 Å². The number of halogens is 2. The molecular formula is C28H32Cl2N4O3. The molecule has 0 bridgehead atoms. The average Bonchev–Trinajstić information content (AvgIpc) is 3.29. The van der Waals surface area contributed by atoms with Gasteiger partial charge in [-0.2, -0.15) is 0 Å². The molecule has 37 heavy (non-hydrogen) atoms. The fourth-order valence-electron chi connectivity index (χ4n) is 5.46. The van der Waals surface area contributed by atoms with Crippen LogP contribution < -0.4 is 25.0 Å². The molecule has 0 saturated carbocycles. The molecule has 3 heterocycles. The number of para-hydroxylation sites is 3. The number of piperazine rings is 1. The van der Waals surface area contributed by atoms with E-state index in [2.05, 4.69) is 40.1 Å². The van der Waals surface area contributed by atoms with Crippen molar-refractivity contribution in [1.29, 1.82) is 0 Å². The van der Waals surface area contributed by atoms with Gasteiger partial charge < -0.3 is 20.1 Å². The molecule has 196 valence electrons. The summed E-state index contributed by atoms with van der Waals surface area (Å²) in [6, 6.07) is 24.0. The van der Waals surface area contributed by atoms with Crippen molar-refractivity contribution in [3.8, 4) is 11.5 Å². The molecule has 3 aliphatic rings. The minimum absolute atomic E-state index is 0. The summed E-state index contributed by atoms with van der Waals surface area (Å²) in [4.78, 5) is 18.8. The number of carbonyl (C=O) groups is 1. The van der Waals surface area contributed by atoms with Crippen molar-refractivity contribution in [3.05, 3.63) is 83.9 Å². The zero-order valence-corrected chi connectivity index (χ0v) is 22.1. The van der Waals surface area contributed by atoms with Gasteiger partial charge in [0.15, 0.2) is 11.5 Å². The molecule has 2 atom stereocenters. The molecule has 3 aromatic carbocycles. The number of carbonyl (C=O) groups excluding carboxylic acids is 1. The highest BCUT2D eigenvalue weighted by Gasteiger charge is 2.33. The number of rotatable bonds is 4. The topological polar surface area (TPSA) is 71.3 Å². The molecule has 0 radical (unpaired) electrons. The van der Waals surface area contributed by atoms with Gasteiger partial charge in [-0.25, -0.2) is 4.79 Å². The largest absolute Gasteiger partial charge is 0.486 e. The molecule has 0 spiro atoms. The van der Waals surface area contributed by atoms with Crippen LogP contribution in [-0.4, -0.2) is 56.4 Å². The maximum atomic E-state index is 12.2. The highest BCUT2D eigenvalue weighted by molar-refractivity contribution is 5.94. The van der Waals surface area contributed by atoms with Gasteiger partial charge in [0.05, 0.1) is 6.04 Å². The quantitative estimate of drug-likeness (QED) is 0.518. The molecule has 2 amide bonds. The van der Waals surface area contributed by atoms with Gasteiger partial charge in [0.25, 0.3) is 0 Å². The number of ether oxygens (including phenoxy) is 2. The van der Waals surface area contributed by atoms with E-state index >= 15 is 0 Å². The number of benzene rings is 3. The highest BCUT2D eigenvalue weighted by atomic mass is 35.5. The van der Waals surface area contributed by atoms with Crippen molar-refractivity contribution in [3.63, 3.8) is 0 Å². The van der Waals surface area contributed by atoms with Crippen molar-refractivity contribution in [2.75, 3.05) is 49.1 Å². The Hall–Kier alpha value is -3.13. The first-order valence-electron chi connectivity index (χ1n) is 12.3. The van der Waals surface area contributed by atoms with Gasteiger partial charge in [0.1, 0.15) is 12.7 Å². The van der Waals surface area contributed by atoms with Crippen LogP contribution in [0, 0.1) is 0 Å². The summed E-state index contributed by atoms with van der Waals surface area (Å²) >= 11 is 0. The van der Waals surface area contributed by atoms with Gasteiger partial charge in [0.2, 0.25) is 0 Å². The smallest absolute Gasteiger partial charge is 0.319 e. The Morgan fingerprint density at radius 2 is 1.54 bits per heavy atom. The zero-order chi connectivity index (χ0) is 23.8. The Bertz CT molecular complexity index is 1220. The third kappa shape index (κ3) is 5.44. The molecule has 2 unspecified atom stereocenters. The Kier molecular flexibility index (Phi) is 8.37. The van der Waals surface area contributed by atoms with Crippen LogP contribution in [0.1, 0.15) is 17.2 Å². The minimum atomic E-state index is -0.406. The summed E-state index contributed by atoms with van der Waals surface area (Å²) in [6.07, 6.45) is 0.841. The molecule has 0 aliphatic carbocycles. The first-order chi connectivity index (χ1) is 17.2. The van der Waals surface area contributed by atoms with Crippen molar-refractivity contribution in [2.24, 2.45) is 5.73 Å². The number of hydrogen-bond acceptors (Lipinski definition) is 5. The van der Waals surface area contributed by atoms with E-state index in [1.807, 2.05) is 42.5 Å². The molecule has 1 fully saturated rings. The van der Waals surface area contributed by atoms with Crippen LogP contribution in [0.25, 0.3) is 0 Å². The summed E-state index contributed by atoms with van der Waals surface area (Å²) in [6.45, 7) is 5.35. The van der Waals surface area contributed by atoms with Crippen LogP contribution in [0.15, 0.2) is 72.8 Å². The zero-order valence-electron chi connectivity index (χ0n) is 20.5. The molecule has 6 rings (SSSR count). The van der Waals surface area contributed by atoms with Crippen molar-refractivity contribution in [2.45, 2.75) is 18.6 Å². The van der Waals surface area contributed by atoms with E-state index in [0.29, 0.717) is 6.61 Å². The third-order valence-corrected chi connectivity index (χ3v) is 7.26. The second-order valence-electron chi connectivity index (χ2n) is 9.43. The molecule has 0 aromatic heterocycles. The number of anilines is 2. The second kappa shape index (κ2) is 11.5. The van der Waals surface area contributed by atoms with Crippen LogP contribution in [-0.2, 0) is 6.42 Å². The van der Waals surface area contributed by atoms with Gasteiger partial charge in [-0.3, -0.25) is 9.80 Å². The Morgan fingerprint density at radius 1 is 0.865 bits per heavy atom.